The highest BCUT2D eigenvalue weighted by Crippen LogP contribution is 2.28. The van der Waals surface area contributed by atoms with Crippen molar-refractivity contribution < 1.29 is 13.3 Å². The Labute approximate surface area is 129 Å². The third-order valence-corrected chi connectivity index (χ3v) is 5.23. The molecule has 0 atom stereocenters. The van der Waals surface area contributed by atoms with Crippen molar-refractivity contribution in [3.8, 4) is 0 Å². The molecule has 0 saturated carbocycles. The van der Waals surface area contributed by atoms with Gasteiger partial charge in [0.1, 0.15) is 4.90 Å². The second kappa shape index (κ2) is 7.17. The number of hydrogen-bond acceptors (Lipinski definition) is 5. The standard InChI is InChI=1S/C12H18ClN3O4S/c1-14(2)7-4-8-15(3)21(19,20)12-9-10(16(17)18)5-6-11(12)13/h5-6,9H,4,7-8H2,1-3H3. The van der Waals surface area contributed by atoms with Crippen molar-refractivity contribution in [1.29, 1.82) is 0 Å². The smallest absolute Gasteiger partial charge is 0.270 e. The van der Waals surface area contributed by atoms with Gasteiger partial charge < -0.3 is 4.90 Å². The van der Waals surface area contributed by atoms with Crippen LogP contribution in [0.4, 0.5) is 5.69 Å². The van der Waals surface area contributed by atoms with E-state index >= 15 is 0 Å². The van der Waals surface area contributed by atoms with Gasteiger partial charge in [-0.05, 0) is 33.1 Å². The zero-order valence-corrected chi connectivity index (χ0v) is 13.7. The summed E-state index contributed by atoms with van der Waals surface area (Å²) in [6.07, 6.45) is 0.648. The van der Waals surface area contributed by atoms with Crippen LogP contribution in [0.15, 0.2) is 23.1 Å². The molecule has 1 aromatic rings. The van der Waals surface area contributed by atoms with E-state index in [4.69, 9.17) is 11.6 Å². The molecule has 0 amide bonds. The molecule has 0 bridgehead atoms. The van der Waals surface area contributed by atoms with Gasteiger partial charge in [-0.3, -0.25) is 10.1 Å². The average Bonchev–Trinajstić information content (AvgIpc) is 2.37. The first-order valence-corrected chi connectivity index (χ1v) is 8.03. The Bertz CT molecular complexity index is 619. The van der Waals surface area contributed by atoms with Crippen LogP contribution in [-0.4, -0.2) is 56.8 Å². The van der Waals surface area contributed by atoms with E-state index in [9.17, 15) is 18.5 Å². The van der Waals surface area contributed by atoms with Crippen molar-refractivity contribution in [2.24, 2.45) is 0 Å². The second-order valence-electron chi connectivity index (χ2n) is 4.86. The molecule has 0 aliphatic rings. The van der Waals surface area contributed by atoms with E-state index in [1.165, 1.54) is 19.2 Å². The summed E-state index contributed by atoms with van der Waals surface area (Å²) in [5.74, 6) is 0. The van der Waals surface area contributed by atoms with Crippen molar-refractivity contribution in [2.45, 2.75) is 11.3 Å². The van der Waals surface area contributed by atoms with Gasteiger partial charge in [0.15, 0.2) is 0 Å². The number of benzene rings is 1. The number of nitro benzene ring substituents is 1. The Kier molecular flexibility index (Phi) is 6.09. The average molecular weight is 336 g/mol. The fourth-order valence-corrected chi connectivity index (χ4v) is 3.40. The summed E-state index contributed by atoms with van der Waals surface area (Å²) in [4.78, 5) is 11.8. The summed E-state index contributed by atoms with van der Waals surface area (Å²) in [5, 5.41) is 10.7. The van der Waals surface area contributed by atoms with Crippen molar-refractivity contribution in [2.75, 3.05) is 34.2 Å². The third-order valence-electron chi connectivity index (χ3n) is 2.89. The molecule has 7 nitrogen and oxygen atoms in total. The topological polar surface area (TPSA) is 83.8 Å². The molecule has 0 N–H and O–H groups in total. The van der Waals surface area contributed by atoms with Gasteiger partial charge in [-0.25, -0.2) is 12.7 Å². The molecule has 9 heteroatoms. The lowest BCUT2D eigenvalue weighted by Crippen LogP contribution is -2.30. The van der Waals surface area contributed by atoms with Crippen LogP contribution < -0.4 is 0 Å². The molecule has 1 aromatic carbocycles. The van der Waals surface area contributed by atoms with E-state index in [2.05, 4.69) is 0 Å². The zero-order valence-electron chi connectivity index (χ0n) is 12.1. The number of hydrogen-bond donors (Lipinski definition) is 0. The van der Waals surface area contributed by atoms with Crippen molar-refractivity contribution in [3.05, 3.63) is 33.3 Å². The lowest BCUT2D eigenvalue weighted by molar-refractivity contribution is -0.385. The fraction of sp³-hybridized carbons (Fsp3) is 0.500. The van der Waals surface area contributed by atoms with E-state index in [-0.39, 0.29) is 15.6 Å². The van der Waals surface area contributed by atoms with Crippen LogP contribution >= 0.6 is 11.6 Å². The monoisotopic (exact) mass is 335 g/mol. The van der Waals surface area contributed by atoms with E-state index in [1.54, 1.807) is 0 Å². The number of sulfonamides is 1. The summed E-state index contributed by atoms with van der Waals surface area (Å²) in [6, 6.07) is 3.38. The van der Waals surface area contributed by atoms with E-state index in [0.29, 0.717) is 13.0 Å². The lowest BCUT2D eigenvalue weighted by atomic mass is 10.3. The van der Waals surface area contributed by atoms with Crippen LogP contribution in [0.25, 0.3) is 0 Å². The molecule has 0 fully saturated rings. The van der Waals surface area contributed by atoms with Crippen LogP contribution in [0.5, 0.6) is 0 Å². The fourth-order valence-electron chi connectivity index (χ4n) is 1.70. The molecule has 118 valence electrons. The molecule has 0 spiro atoms. The quantitative estimate of drug-likeness (QED) is 0.560. The van der Waals surface area contributed by atoms with Gasteiger partial charge in [0, 0.05) is 25.7 Å². The molecule has 0 saturated heterocycles. The van der Waals surface area contributed by atoms with Gasteiger partial charge in [-0.2, -0.15) is 0 Å². The van der Waals surface area contributed by atoms with Crippen molar-refractivity contribution in [3.63, 3.8) is 0 Å². The van der Waals surface area contributed by atoms with Crippen LogP contribution in [0.2, 0.25) is 5.02 Å². The highest BCUT2D eigenvalue weighted by Gasteiger charge is 2.25. The van der Waals surface area contributed by atoms with Gasteiger partial charge >= 0.3 is 0 Å². The van der Waals surface area contributed by atoms with Crippen molar-refractivity contribution in [1.82, 2.24) is 9.21 Å². The number of rotatable bonds is 7. The molecule has 0 aliphatic carbocycles. The van der Waals surface area contributed by atoms with Crippen LogP contribution in [0, 0.1) is 10.1 Å². The van der Waals surface area contributed by atoms with Gasteiger partial charge in [0.2, 0.25) is 10.0 Å². The summed E-state index contributed by atoms with van der Waals surface area (Å²) >= 11 is 5.88. The summed E-state index contributed by atoms with van der Waals surface area (Å²) in [6.45, 7) is 1.04. The number of nitro groups is 1. The van der Waals surface area contributed by atoms with Crippen LogP contribution in [-0.2, 0) is 10.0 Å². The third kappa shape index (κ3) is 4.63. The van der Waals surface area contributed by atoms with Crippen molar-refractivity contribution >= 4 is 27.3 Å². The minimum atomic E-state index is -3.85. The Balaban J connectivity index is 3.01. The number of halogens is 1. The highest BCUT2D eigenvalue weighted by molar-refractivity contribution is 7.89. The maximum atomic E-state index is 12.4. The molecule has 0 heterocycles. The lowest BCUT2D eigenvalue weighted by Gasteiger charge is -2.19. The number of nitrogens with zero attached hydrogens (tertiary/aromatic N) is 3. The van der Waals surface area contributed by atoms with Gasteiger partial charge in [-0.15, -0.1) is 0 Å². The summed E-state index contributed by atoms with van der Waals surface area (Å²) in [7, 11) is 1.38. The first kappa shape index (κ1) is 17.8. The normalized spacial score (nSPS) is 12.1. The van der Waals surface area contributed by atoms with Gasteiger partial charge in [-0.1, -0.05) is 11.6 Å². The van der Waals surface area contributed by atoms with E-state index in [1.807, 2.05) is 19.0 Å². The molecular formula is C12H18ClN3O4S. The maximum Gasteiger partial charge on any atom is 0.270 e. The Morgan fingerprint density at radius 2 is 1.86 bits per heavy atom. The van der Waals surface area contributed by atoms with Crippen LogP contribution in [0.1, 0.15) is 6.42 Å². The number of non-ortho nitro benzene ring substituents is 1. The maximum absolute atomic E-state index is 12.4. The highest BCUT2D eigenvalue weighted by atomic mass is 35.5. The SMILES string of the molecule is CN(C)CCCN(C)S(=O)(=O)c1cc([N+](=O)[O-])ccc1Cl. The van der Waals surface area contributed by atoms with Crippen LogP contribution in [0.3, 0.4) is 0 Å². The molecule has 21 heavy (non-hydrogen) atoms. The van der Waals surface area contributed by atoms with E-state index < -0.39 is 14.9 Å². The first-order valence-electron chi connectivity index (χ1n) is 6.21. The molecule has 0 aromatic heterocycles. The predicted octanol–water partition coefficient (Wildman–Crippen LogP) is 1.82. The molecular weight excluding hydrogens is 318 g/mol. The zero-order chi connectivity index (χ0) is 16.2. The molecule has 1 rings (SSSR count). The minimum absolute atomic E-state index is 0.0277. The molecule has 0 unspecified atom stereocenters. The summed E-state index contributed by atoms with van der Waals surface area (Å²) in [5.41, 5.74) is -0.306. The largest absolute Gasteiger partial charge is 0.309 e. The second-order valence-corrected chi connectivity index (χ2v) is 7.28. The predicted molar refractivity (Wildman–Crippen MR) is 81.1 cm³/mol. The Morgan fingerprint density at radius 1 is 1.24 bits per heavy atom. The van der Waals surface area contributed by atoms with E-state index in [0.717, 1.165) is 16.9 Å². The summed E-state index contributed by atoms with van der Waals surface area (Å²) < 4.78 is 26.0. The molecule has 0 aliphatic heterocycles. The first-order chi connectivity index (χ1) is 9.66. The Hall–Kier alpha value is -1.22. The van der Waals surface area contributed by atoms with Gasteiger partial charge in [0.25, 0.3) is 5.69 Å². The minimum Gasteiger partial charge on any atom is -0.309 e. The Morgan fingerprint density at radius 3 is 2.38 bits per heavy atom. The molecule has 0 radical (unpaired) electrons. The van der Waals surface area contributed by atoms with Gasteiger partial charge in [0.05, 0.1) is 9.95 Å².